The molecule has 0 saturated carbocycles. The van der Waals surface area contributed by atoms with E-state index < -0.39 is 30.9 Å². The van der Waals surface area contributed by atoms with Crippen molar-refractivity contribution in [3.8, 4) is 24.3 Å². The summed E-state index contributed by atoms with van der Waals surface area (Å²) in [5.74, 6) is 0. The minimum atomic E-state index is -2.38. The Kier molecular flexibility index (Phi) is 9.06. The van der Waals surface area contributed by atoms with Gasteiger partial charge in [0.1, 0.15) is 11.7 Å². The Bertz CT molecular complexity index is 794. The first-order chi connectivity index (χ1) is 15.4. The van der Waals surface area contributed by atoms with Gasteiger partial charge in [-0.1, -0.05) is 71.4 Å². The zero-order valence-corrected chi connectivity index (χ0v) is 20.8. The van der Waals surface area contributed by atoms with Crippen molar-refractivity contribution in [2.24, 2.45) is 10.8 Å². The van der Waals surface area contributed by atoms with Crippen molar-refractivity contribution in [1.29, 1.82) is 21.0 Å². The van der Waals surface area contributed by atoms with E-state index in [-0.39, 0.29) is 0 Å². The van der Waals surface area contributed by atoms with Gasteiger partial charge in [0.2, 0.25) is 10.8 Å². The molecule has 2 unspecified atom stereocenters. The smallest absolute Gasteiger partial charge is 0.209 e. The van der Waals surface area contributed by atoms with E-state index in [1.807, 2.05) is 6.08 Å². The predicted molar refractivity (Wildman–Crippen MR) is 124 cm³/mol. The zero-order valence-electron chi connectivity index (χ0n) is 19.8. The highest BCUT2D eigenvalue weighted by Crippen LogP contribution is 2.58. The molecule has 2 atom stereocenters. The average molecular weight is 453 g/mol. The SMILES string of the molecule is CCCC[Si](CCCC)(CCCC)OC12C=CC(OCCC1)C(C#N)(C#N)C2(C#N)C#N. The molecule has 0 radical (unpaired) electrons. The summed E-state index contributed by atoms with van der Waals surface area (Å²) in [5, 5.41) is 41.2. The maximum Gasteiger partial charge on any atom is 0.209 e. The number of fused-ring (bicyclic) bond motifs is 4. The van der Waals surface area contributed by atoms with Crippen LogP contribution in [0.4, 0.5) is 0 Å². The van der Waals surface area contributed by atoms with Crippen molar-refractivity contribution in [2.75, 3.05) is 6.61 Å². The highest BCUT2D eigenvalue weighted by atomic mass is 28.4. The van der Waals surface area contributed by atoms with Crippen LogP contribution in [0.5, 0.6) is 0 Å². The molecule has 0 N–H and O–H groups in total. The van der Waals surface area contributed by atoms with E-state index in [9.17, 15) is 21.0 Å². The van der Waals surface area contributed by atoms with Crippen LogP contribution in [0.1, 0.15) is 72.1 Å². The van der Waals surface area contributed by atoms with Gasteiger partial charge in [-0.3, -0.25) is 0 Å². The molecule has 0 aromatic rings. The molecule has 0 aromatic carbocycles. The van der Waals surface area contributed by atoms with Gasteiger partial charge in [-0.05, 0) is 31.0 Å². The van der Waals surface area contributed by atoms with Gasteiger partial charge in [0.05, 0.1) is 24.3 Å². The predicted octanol–water partition coefficient (Wildman–Crippen LogP) is 5.90. The third-order valence-electron chi connectivity index (χ3n) is 7.23. The molecule has 0 amide bonds. The Labute approximate surface area is 194 Å². The van der Waals surface area contributed by atoms with E-state index in [4.69, 9.17) is 9.16 Å². The molecule has 1 aliphatic carbocycles. The Morgan fingerprint density at radius 1 is 0.906 bits per heavy atom. The van der Waals surface area contributed by atoms with Crippen molar-refractivity contribution in [3.63, 3.8) is 0 Å². The van der Waals surface area contributed by atoms with Gasteiger partial charge in [-0.15, -0.1) is 0 Å². The zero-order chi connectivity index (χ0) is 23.7. The Hall–Kier alpha value is -2.16. The molecule has 32 heavy (non-hydrogen) atoms. The van der Waals surface area contributed by atoms with E-state index in [0.717, 1.165) is 56.7 Å². The first kappa shape index (κ1) is 26.1. The van der Waals surface area contributed by atoms with E-state index in [2.05, 4.69) is 45.0 Å². The Morgan fingerprint density at radius 3 is 1.88 bits per heavy atom. The summed E-state index contributed by atoms with van der Waals surface area (Å²) in [6.07, 6.45) is 9.87. The maximum atomic E-state index is 10.4. The normalized spacial score (nSPS) is 25.5. The molecule has 1 fully saturated rings. The van der Waals surface area contributed by atoms with Gasteiger partial charge in [-0.2, -0.15) is 21.0 Å². The number of rotatable bonds is 11. The molecule has 3 rings (SSSR count). The van der Waals surface area contributed by atoms with Crippen LogP contribution in [0.3, 0.4) is 0 Å². The molecule has 6 nitrogen and oxygen atoms in total. The van der Waals surface area contributed by atoms with E-state index in [1.54, 1.807) is 6.08 Å². The van der Waals surface area contributed by atoms with Crippen molar-refractivity contribution in [3.05, 3.63) is 12.2 Å². The van der Waals surface area contributed by atoms with E-state index in [1.165, 1.54) is 0 Å². The Balaban J connectivity index is 2.74. The van der Waals surface area contributed by atoms with Gasteiger partial charge in [0.25, 0.3) is 0 Å². The number of unbranched alkanes of at least 4 members (excludes halogenated alkanes) is 3. The quantitative estimate of drug-likeness (QED) is 0.284. The first-order valence-corrected chi connectivity index (χ1v) is 14.6. The second kappa shape index (κ2) is 11.1. The highest BCUT2D eigenvalue weighted by molar-refractivity contribution is 6.74. The topological polar surface area (TPSA) is 114 Å². The lowest BCUT2D eigenvalue weighted by Gasteiger charge is -2.55. The number of nitriles is 4. The lowest BCUT2D eigenvalue weighted by atomic mass is 9.51. The second-order valence-corrected chi connectivity index (χ2v) is 13.3. The fourth-order valence-electron chi connectivity index (χ4n) is 5.34. The summed E-state index contributed by atoms with van der Waals surface area (Å²) in [4.78, 5) is 0. The molecule has 1 saturated heterocycles. The van der Waals surface area contributed by atoms with Crippen LogP contribution in [0.2, 0.25) is 18.1 Å². The van der Waals surface area contributed by atoms with Crippen LogP contribution >= 0.6 is 0 Å². The monoisotopic (exact) mass is 452 g/mol. The van der Waals surface area contributed by atoms with Crippen LogP contribution in [0.15, 0.2) is 12.2 Å². The number of hydrogen-bond acceptors (Lipinski definition) is 6. The molecular formula is C25H36N4O2Si. The minimum Gasteiger partial charge on any atom is -0.405 e. The third-order valence-corrected chi connectivity index (χ3v) is 11.8. The molecular weight excluding hydrogens is 416 g/mol. The molecule has 2 bridgehead atoms. The second-order valence-electron chi connectivity index (χ2n) is 9.24. The van der Waals surface area contributed by atoms with Crippen molar-refractivity contribution >= 4 is 8.32 Å². The van der Waals surface area contributed by atoms with E-state index in [0.29, 0.717) is 19.4 Å². The molecule has 2 heterocycles. The van der Waals surface area contributed by atoms with Gasteiger partial charge in [0, 0.05) is 6.61 Å². The molecule has 2 aliphatic heterocycles. The van der Waals surface area contributed by atoms with Gasteiger partial charge < -0.3 is 9.16 Å². The molecule has 0 spiro atoms. The fourth-order valence-corrected chi connectivity index (χ4v) is 10.5. The standard InChI is InChI=1S/C25H36N4O2Si/c1-4-7-15-32(16-8-5-2,17-9-6-3)31-25-12-10-14-30-22(11-13-25)23(18-26,19-27)24(25,20-28)21-29/h11,13,22H,4-10,12,14-17H2,1-3H3. The number of ether oxygens (including phenoxy) is 1. The largest absolute Gasteiger partial charge is 0.405 e. The van der Waals surface area contributed by atoms with Gasteiger partial charge in [0.15, 0.2) is 8.32 Å². The molecule has 0 aromatic heterocycles. The minimum absolute atomic E-state index is 0.367. The lowest BCUT2D eigenvalue weighted by molar-refractivity contribution is -0.102. The van der Waals surface area contributed by atoms with Crippen LogP contribution in [0, 0.1) is 56.2 Å². The van der Waals surface area contributed by atoms with Crippen LogP contribution in [-0.2, 0) is 9.16 Å². The summed E-state index contributed by atoms with van der Waals surface area (Å²) in [5.41, 5.74) is -5.16. The first-order valence-electron chi connectivity index (χ1n) is 12.1. The summed E-state index contributed by atoms with van der Waals surface area (Å²) < 4.78 is 13.0. The maximum absolute atomic E-state index is 10.4. The number of nitrogens with zero attached hydrogens (tertiary/aromatic N) is 4. The molecule has 3 aliphatic rings. The van der Waals surface area contributed by atoms with Crippen molar-refractivity contribution in [1.82, 2.24) is 0 Å². The summed E-state index contributed by atoms with van der Waals surface area (Å²) in [7, 11) is -2.38. The number of hydrogen-bond donors (Lipinski definition) is 0. The van der Waals surface area contributed by atoms with Crippen LogP contribution < -0.4 is 0 Å². The third kappa shape index (κ3) is 4.23. The summed E-state index contributed by atoms with van der Waals surface area (Å²) in [6, 6.07) is 11.3. The van der Waals surface area contributed by atoms with Crippen LogP contribution in [0.25, 0.3) is 0 Å². The van der Waals surface area contributed by atoms with Crippen molar-refractivity contribution < 1.29 is 9.16 Å². The highest BCUT2D eigenvalue weighted by Gasteiger charge is 2.72. The summed E-state index contributed by atoms with van der Waals surface area (Å²) in [6.45, 7) is 6.87. The molecule has 172 valence electrons. The van der Waals surface area contributed by atoms with Gasteiger partial charge >= 0.3 is 0 Å². The van der Waals surface area contributed by atoms with E-state index >= 15 is 0 Å². The molecule has 7 heteroatoms. The summed E-state index contributed by atoms with van der Waals surface area (Å²) >= 11 is 0. The lowest BCUT2D eigenvalue weighted by Crippen LogP contribution is -2.66. The fraction of sp³-hybridized carbons (Fsp3) is 0.760. The van der Waals surface area contributed by atoms with Gasteiger partial charge in [-0.25, -0.2) is 0 Å². The average Bonchev–Trinajstić information content (AvgIpc) is 2.81. The Morgan fingerprint density at radius 2 is 1.44 bits per heavy atom. The van der Waals surface area contributed by atoms with Crippen LogP contribution in [-0.4, -0.2) is 26.6 Å². The van der Waals surface area contributed by atoms with Crippen molar-refractivity contribution in [2.45, 2.75) is 102 Å².